The minimum absolute atomic E-state index is 1.09. The molecule has 0 aliphatic rings. The molecule has 0 bridgehead atoms. The molecule has 2 heterocycles. The third-order valence-corrected chi connectivity index (χ3v) is 8.94. The first kappa shape index (κ1) is 22.9. The summed E-state index contributed by atoms with van der Waals surface area (Å²) in [6.45, 7) is 0. The van der Waals surface area contributed by atoms with Gasteiger partial charge < -0.3 is 4.90 Å². The van der Waals surface area contributed by atoms with Crippen LogP contribution < -0.4 is 4.90 Å². The Bertz CT molecular complexity index is 2160. The van der Waals surface area contributed by atoms with Crippen molar-refractivity contribution >= 4 is 70.1 Å². The van der Waals surface area contributed by atoms with E-state index in [2.05, 4.69) is 138 Å². The molecule has 188 valence electrons. The maximum atomic E-state index is 4.75. The van der Waals surface area contributed by atoms with E-state index < -0.39 is 0 Å². The minimum Gasteiger partial charge on any atom is -0.308 e. The lowest BCUT2D eigenvalue weighted by atomic mass is 10.0. The highest BCUT2D eigenvalue weighted by atomic mass is 32.1. The molecule has 2 nitrogen and oxygen atoms in total. The molecule has 6 aromatic carbocycles. The zero-order valence-electron chi connectivity index (χ0n) is 21.7. The molecule has 40 heavy (non-hydrogen) atoms. The quantitative estimate of drug-likeness (QED) is 0.211. The number of aromatic nitrogens is 1. The Kier molecular flexibility index (Phi) is 5.35. The van der Waals surface area contributed by atoms with Crippen molar-refractivity contribution in [2.75, 3.05) is 4.90 Å². The summed E-state index contributed by atoms with van der Waals surface area (Å²) in [6, 6.07) is 47.9. The van der Waals surface area contributed by atoms with Crippen LogP contribution in [-0.4, -0.2) is 4.98 Å². The van der Waals surface area contributed by atoms with Gasteiger partial charge in [-0.05, 0) is 63.0 Å². The lowest BCUT2D eigenvalue weighted by Crippen LogP contribution is -2.10. The largest absolute Gasteiger partial charge is 0.308 e. The van der Waals surface area contributed by atoms with Crippen molar-refractivity contribution < 1.29 is 0 Å². The number of benzene rings is 6. The highest BCUT2D eigenvalue weighted by molar-refractivity contribution is 7.26. The summed E-state index contributed by atoms with van der Waals surface area (Å²) in [4.78, 5) is 7.11. The number of hydrogen-bond donors (Lipinski definition) is 0. The van der Waals surface area contributed by atoms with Crippen LogP contribution in [0.4, 0.5) is 17.1 Å². The molecule has 0 fully saturated rings. The first-order valence-corrected chi connectivity index (χ1v) is 14.3. The maximum absolute atomic E-state index is 4.75. The van der Waals surface area contributed by atoms with Crippen LogP contribution in [0.3, 0.4) is 0 Å². The molecule has 0 radical (unpaired) electrons. The Morgan fingerprint density at radius 1 is 0.475 bits per heavy atom. The molecule has 0 unspecified atom stereocenters. The Morgan fingerprint density at radius 2 is 1.12 bits per heavy atom. The van der Waals surface area contributed by atoms with Gasteiger partial charge in [-0.1, -0.05) is 103 Å². The minimum atomic E-state index is 1.09. The maximum Gasteiger partial charge on any atom is 0.0824 e. The molecule has 0 atom stereocenters. The standard InChI is InChI=1S/C37H24N2S/c1-2-8-25(9-3-1)26-16-19-29(20-17-26)39(35-24-38-23-34-32-12-6-7-13-36(32)40-37(34)35)30-21-18-28-15-14-27-10-4-5-11-31(27)33(28)22-30/h1-24H. The fourth-order valence-corrected chi connectivity index (χ4v) is 6.95. The zero-order chi connectivity index (χ0) is 26.5. The van der Waals surface area contributed by atoms with Gasteiger partial charge in [-0.15, -0.1) is 11.3 Å². The number of pyridine rings is 1. The van der Waals surface area contributed by atoms with Crippen molar-refractivity contribution in [2.24, 2.45) is 0 Å². The number of fused-ring (bicyclic) bond motifs is 6. The van der Waals surface area contributed by atoms with Gasteiger partial charge in [0.05, 0.1) is 16.6 Å². The Labute approximate surface area is 236 Å². The molecule has 0 amide bonds. The second-order valence-electron chi connectivity index (χ2n) is 10.1. The summed E-state index contributed by atoms with van der Waals surface area (Å²) in [6.07, 6.45) is 4.01. The average Bonchev–Trinajstić information content (AvgIpc) is 3.41. The van der Waals surface area contributed by atoms with E-state index >= 15 is 0 Å². The van der Waals surface area contributed by atoms with Gasteiger partial charge in [-0.25, -0.2) is 0 Å². The van der Waals surface area contributed by atoms with Crippen LogP contribution in [0.5, 0.6) is 0 Å². The van der Waals surface area contributed by atoms with Crippen LogP contribution in [0.2, 0.25) is 0 Å². The Hall–Kier alpha value is -4.99. The molecular formula is C37H24N2S. The van der Waals surface area contributed by atoms with Crippen LogP contribution in [0.25, 0.3) is 52.8 Å². The van der Waals surface area contributed by atoms with Crippen molar-refractivity contribution in [3.05, 3.63) is 146 Å². The molecular weight excluding hydrogens is 504 g/mol. The molecule has 0 saturated carbocycles. The molecule has 0 spiro atoms. The third kappa shape index (κ3) is 3.75. The Balaban J connectivity index is 1.38. The lowest BCUT2D eigenvalue weighted by Gasteiger charge is -2.26. The molecule has 0 saturated heterocycles. The number of nitrogens with zero attached hydrogens (tertiary/aromatic N) is 2. The van der Waals surface area contributed by atoms with Gasteiger partial charge in [-0.2, -0.15) is 0 Å². The molecule has 0 aliphatic carbocycles. The van der Waals surface area contributed by atoms with E-state index in [1.807, 2.05) is 23.7 Å². The van der Waals surface area contributed by atoms with Gasteiger partial charge in [0.25, 0.3) is 0 Å². The first-order valence-electron chi connectivity index (χ1n) is 13.5. The average molecular weight is 529 g/mol. The van der Waals surface area contributed by atoms with Crippen molar-refractivity contribution in [2.45, 2.75) is 0 Å². The fraction of sp³-hybridized carbons (Fsp3) is 0. The van der Waals surface area contributed by atoms with Gasteiger partial charge in [0.15, 0.2) is 0 Å². The van der Waals surface area contributed by atoms with E-state index in [9.17, 15) is 0 Å². The second-order valence-corrected chi connectivity index (χ2v) is 11.1. The summed E-state index contributed by atoms with van der Waals surface area (Å²) in [5, 5.41) is 7.44. The monoisotopic (exact) mass is 528 g/mol. The summed E-state index contributed by atoms with van der Waals surface area (Å²) in [5.74, 6) is 0. The SMILES string of the molecule is c1ccc(-c2ccc(N(c3ccc4ccc5ccccc5c4c3)c3cncc4c3sc3ccccc34)cc2)cc1. The lowest BCUT2D eigenvalue weighted by molar-refractivity contribution is 1.26. The van der Waals surface area contributed by atoms with Gasteiger partial charge >= 0.3 is 0 Å². The van der Waals surface area contributed by atoms with E-state index in [0.29, 0.717) is 0 Å². The van der Waals surface area contributed by atoms with E-state index in [1.54, 1.807) is 0 Å². The van der Waals surface area contributed by atoms with Crippen molar-refractivity contribution in [1.29, 1.82) is 0 Å². The number of rotatable bonds is 4. The smallest absolute Gasteiger partial charge is 0.0824 e. The predicted octanol–water partition coefficient (Wildman–Crippen LogP) is 10.9. The molecule has 3 heteroatoms. The van der Waals surface area contributed by atoms with Crippen molar-refractivity contribution in [1.82, 2.24) is 4.98 Å². The van der Waals surface area contributed by atoms with Crippen molar-refractivity contribution in [3.8, 4) is 11.1 Å². The highest BCUT2D eigenvalue weighted by Gasteiger charge is 2.19. The van der Waals surface area contributed by atoms with Crippen molar-refractivity contribution in [3.63, 3.8) is 0 Å². The number of thiophene rings is 1. The highest BCUT2D eigenvalue weighted by Crippen LogP contribution is 2.45. The van der Waals surface area contributed by atoms with E-state index in [-0.39, 0.29) is 0 Å². The topological polar surface area (TPSA) is 16.1 Å². The second kappa shape index (κ2) is 9.33. The van der Waals surface area contributed by atoms with Crippen LogP contribution in [-0.2, 0) is 0 Å². The first-order chi connectivity index (χ1) is 19.8. The molecule has 2 aromatic heterocycles. The predicted molar refractivity (Wildman–Crippen MR) is 172 cm³/mol. The summed E-state index contributed by atoms with van der Waals surface area (Å²) in [7, 11) is 0. The van der Waals surface area contributed by atoms with Gasteiger partial charge in [0.2, 0.25) is 0 Å². The van der Waals surface area contributed by atoms with E-state index in [1.165, 1.54) is 52.8 Å². The summed E-state index contributed by atoms with van der Waals surface area (Å²) in [5.41, 5.74) is 5.72. The number of anilines is 3. The third-order valence-electron chi connectivity index (χ3n) is 7.73. The molecule has 8 rings (SSSR count). The fourth-order valence-electron chi connectivity index (χ4n) is 5.77. The van der Waals surface area contributed by atoms with E-state index in [0.717, 1.165) is 17.1 Å². The van der Waals surface area contributed by atoms with Crippen LogP contribution in [0, 0.1) is 0 Å². The van der Waals surface area contributed by atoms with Gasteiger partial charge in [0, 0.05) is 33.0 Å². The normalized spacial score (nSPS) is 11.5. The molecule has 8 aromatic rings. The summed E-state index contributed by atoms with van der Waals surface area (Å²) >= 11 is 1.83. The molecule has 0 aliphatic heterocycles. The van der Waals surface area contributed by atoms with Crippen LogP contribution >= 0.6 is 11.3 Å². The number of hydrogen-bond acceptors (Lipinski definition) is 3. The zero-order valence-corrected chi connectivity index (χ0v) is 22.5. The van der Waals surface area contributed by atoms with Crippen LogP contribution in [0.1, 0.15) is 0 Å². The van der Waals surface area contributed by atoms with Gasteiger partial charge in [0.1, 0.15) is 0 Å². The molecule has 0 N–H and O–H groups in total. The Morgan fingerprint density at radius 3 is 1.98 bits per heavy atom. The van der Waals surface area contributed by atoms with Crippen LogP contribution in [0.15, 0.2) is 146 Å². The summed E-state index contributed by atoms with van der Waals surface area (Å²) < 4.78 is 2.51. The van der Waals surface area contributed by atoms with Gasteiger partial charge in [-0.3, -0.25) is 4.98 Å². The van der Waals surface area contributed by atoms with E-state index in [4.69, 9.17) is 4.98 Å².